The van der Waals surface area contributed by atoms with E-state index in [4.69, 9.17) is 14.2 Å². The van der Waals surface area contributed by atoms with Crippen molar-refractivity contribution in [2.24, 2.45) is 0 Å². The summed E-state index contributed by atoms with van der Waals surface area (Å²) < 4.78 is 17.0. The molecule has 9 heteroatoms. The van der Waals surface area contributed by atoms with E-state index in [2.05, 4.69) is 4.98 Å². The number of hydrogen-bond donors (Lipinski definition) is 2. The topological polar surface area (TPSA) is 103 Å². The molecule has 0 amide bonds. The van der Waals surface area contributed by atoms with Crippen LogP contribution in [0.25, 0.3) is 0 Å². The van der Waals surface area contributed by atoms with Gasteiger partial charge in [0.15, 0.2) is 12.5 Å². The number of rotatable bonds is 3. The number of hydrogen-bond acceptors (Lipinski definition) is 6. The normalized spacial score (nSPS) is 30.7. The minimum absolute atomic E-state index is 0.308. The molecule has 1 unspecified atom stereocenters. The highest BCUT2D eigenvalue weighted by Crippen LogP contribution is 2.30. The molecule has 0 bridgehead atoms. The van der Waals surface area contributed by atoms with Gasteiger partial charge >= 0.3 is 5.69 Å². The molecule has 1 aromatic rings. The molecule has 1 aliphatic rings. The minimum atomic E-state index is -1.09. The molecule has 1 saturated heterocycles. The third-order valence-corrected chi connectivity index (χ3v) is 3.64. The van der Waals surface area contributed by atoms with Crippen LogP contribution in [-0.4, -0.2) is 47.4 Å². The van der Waals surface area contributed by atoms with Crippen molar-refractivity contribution in [1.29, 1.82) is 0 Å². The molecule has 1 aliphatic heterocycles. The second kappa shape index (κ2) is 5.71. The summed E-state index contributed by atoms with van der Waals surface area (Å²) in [5.41, 5.74) is -1.15. The Morgan fingerprint density at radius 2 is 2.11 bits per heavy atom. The van der Waals surface area contributed by atoms with Crippen LogP contribution in [0, 0.1) is 3.57 Å². The van der Waals surface area contributed by atoms with Gasteiger partial charge in [0, 0.05) is 20.4 Å². The first-order valence-electron chi connectivity index (χ1n) is 5.39. The van der Waals surface area contributed by atoms with Crippen LogP contribution in [0.15, 0.2) is 15.8 Å². The Hall–Kier alpha value is -0.750. The summed E-state index contributed by atoms with van der Waals surface area (Å²) in [6.45, 7) is 0. The Balaban J connectivity index is 2.41. The molecular weight excluding hydrogens is 371 g/mol. The molecule has 4 atom stereocenters. The first-order chi connectivity index (χ1) is 8.99. The Bertz CT molecular complexity index is 570. The standard InChI is InChI=1S/C10H13IN2O6/c1-17-6-5(14)8(19-9(6)18-2)13-3-4(11)7(15)12-10(13)16/h3,5-6,8-9,14H,1-2H3,(H,12,15,16)/t5-,6?,8+,9-/m0/s1. The lowest BCUT2D eigenvalue weighted by Crippen LogP contribution is -2.39. The van der Waals surface area contributed by atoms with Crippen LogP contribution in [-0.2, 0) is 14.2 Å². The molecule has 2 heterocycles. The second-order valence-electron chi connectivity index (χ2n) is 3.97. The van der Waals surface area contributed by atoms with E-state index in [-0.39, 0.29) is 0 Å². The van der Waals surface area contributed by atoms with Crippen LogP contribution in [0.1, 0.15) is 6.23 Å². The lowest BCUT2D eigenvalue weighted by molar-refractivity contribution is -0.166. The molecule has 0 aliphatic carbocycles. The van der Waals surface area contributed by atoms with Crippen molar-refractivity contribution in [3.05, 3.63) is 30.6 Å². The summed E-state index contributed by atoms with van der Waals surface area (Å²) in [5, 5.41) is 10.1. The van der Waals surface area contributed by atoms with Gasteiger partial charge in [-0.05, 0) is 22.6 Å². The molecular formula is C10H13IN2O6. The summed E-state index contributed by atoms with van der Waals surface area (Å²) in [4.78, 5) is 25.2. The number of nitrogens with zero attached hydrogens (tertiary/aromatic N) is 1. The van der Waals surface area contributed by atoms with E-state index >= 15 is 0 Å². The monoisotopic (exact) mass is 384 g/mol. The van der Waals surface area contributed by atoms with Crippen LogP contribution in [0.2, 0.25) is 0 Å². The fraction of sp³-hybridized carbons (Fsp3) is 0.600. The quantitative estimate of drug-likeness (QED) is 0.650. The fourth-order valence-electron chi connectivity index (χ4n) is 1.94. The molecule has 0 radical (unpaired) electrons. The van der Waals surface area contributed by atoms with Gasteiger partial charge in [-0.3, -0.25) is 14.3 Å². The van der Waals surface area contributed by atoms with E-state index in [1.807, 2.05) is 0 Å². The lowest BCUT2D eigenvalue weighted by Gasteiger charge is -2.17. The smallest absolute Gasteiger partial charge is 0.330 e. The van der Waals surface area contributed by atoms with Gasteiger partial charge in [-0.15, -0.1) is 0 Å². The lowest BCUT2D eigenvalue weighted by atomic mass is 10.2. The highest BCUT2D eigenvalue weighted by atomic mass is 127. The maximum absolute atomic E-state index is 11.7. The highest BCUT2D eigenvalue weighted by Gasteiger charge is 2.45. The van der Waals surface area contributed by atoms with Gasteiger partial charge in [0.1, 0.15) is 12.2 Å². The number of aliphatic hydroxyl groups excluding tert-OH is 1. The summed E-state index contributed by atoms with van der Waals surface area (Å²) in [6.07, 6.45) is -2.25. The number of H-pyrrole nitrogens is 1. The molecule has 2 N–H and O–H groups in total. The van der Waals surface area contributed by atoms with Crippen molar-refractivity contribution in [1.82, 2.24) is 9.55 Å². The van der Waals surface area contributed by atoms with Gasteiger partial charge in [-0.2, -0.15) is 0 Å². The Morgan fingerprint density at radius 1 is 1.42 bits per heavy atom. The third kappa shape index (κ3) is 2.60. The molecule has 0 spiro atoms. The SMILES string of the molecule is COC1[C@@H](OC)O[C@@H](n2cc(I)c(=O)[nH]c2=O)[C@H]1O. The first-order valence-corrected chi connectivity index (χ1v) is 6.47. The Kier molecular flexibility index (Phi) is 4.40. The molecule has 106 valence electrons. The van der Waals surface area contributed by atoms with Crippen LogP contribution in [0.5, 0.6) is 0 Å². The predicted molar refractivity (Wildman–Crippen MR) is 71.8 cm³/mol. The van der Waals surface area contributed by atoms with Crippen molar-refractivity contribution in [3.8, 4) is 0 Å². The number of methoxy groups -OCH3 is 2. The molecule has 0 aromatic carbocycles. The third-order valence-electron chi connectivity index (χ3n) is 2.87. The van der Waals surface area contributed by atoms with Gasteiger partial charge in [-0.25, -0.2) is 4.79 Å². The number of aromatic nitrogens is 2. The fourth-order valence-corrected chi connectivity index (χ4v) is 2.37. The van der Waals surface area contributed by atoms with E-state index in [0.29, 0.717) is 3.57 Å². The Morgan fingerprint density at radius 3 is 2.63 bits per heavy atom. The van der Waals surface area contributed by atoms with Gasteiger partial charge in [0.05, 0.1) is 3.57 Å². The maximum atomic E-state index is 11.7. The van der Waals surface area contributed by atoms with E-state index in [1.165, 1.54) is 20.4 Å². The van der Waals surface area contributed by atoms with Crippen LogP contribution in [0.3, 0.4) is 0 Å². The number of aliphatic hydroxyl groups is 1. The van der Waals surface area contributed by atoms with Gasteiger partial charge in [0.25, 0.3) is 5.56 Å². The van der Waals surface area contributed by atoms with Crippen molar-refractivity contribution in [2.75, 3.05) is 14.2 Å². The second-order valence-corrected chi connectivity index (χ2v) is 5.13. The molecule has 1 aromatic heterocycles. The van der Waals surface area contributed by atoms with Crippen LogP contribution < -0.4 is 11.2 Å². The molecule has 0 saturated carbocycles. The van der Waals surface area contributed by atoms with E-state index in [0.717, 1.165) is 4.57 Å². The number of ether oxygens (including phenoxy) is 3. The number of nitrogens with one attached hydrogen (secondary N) is 1. The van der Waals surface area contributed by atoms with Gasteiger partial charge in [0.2, 0.25) is 0 Å². The van der Waals surface area contributed by atoms with Crippen molar-refractivity contribution < 1.29 is 19.3 Å². The number of halogens is 1. The summed E-state index contributed by atoms with van der Waals surface area (Å²) >= 11 is 1.79. The predicted octanol–water partition coefficient (Wildman–Crippen LogP) is -0.982. The van der Waals surface area contributed by atoms with E-state index in [9.17, 15) is 14.7 Å². The van der Waals surface area contributed by atoms with E-state index in [1.54, 1.807) is 22.6 Å². The summed E-state index contributed by atoms with van der Waals surface area (Å²) in [6, 6.07) is 0. The average molecular weight is 384 g/mol. The van der Waals surface area contributed by atoms with Crippen LogP contribution in [0.4, 0.5) is 0 Å². The van der Waals surface area contributed by atoms with Gasteiger partial charge < -0.3 is 19.3 Å². The minimum Gasteiger partial charge on any atom is -0.385 e. The largest absolute Gasteiger partial charge is 0.385 e. The molecule has 19 heavy (non-hydrogen) atoms. The maximum Gasteiger partial charge on any atom is 0.330 e. The zero-order valence-electron chi connectivity index (χ0n) is 10.2. The zero-order chi connectivity index (χ0) is 14.2. The van der Waals surface area contributed by atoms with Crippen molar-refractivity contribution in [2.45, 2.75) is 24.7 Å². The summed E-state index contributed by atoms with van der Waals surface area (Å²) in [7, 11) is 2.82. The van der Waals surface area contributed by atoms with Crippen molar-refractivity contribution in [3.63, 3.8) is 0 Å². The first kappa shape index (κ1) is 14.7. The molecule has 8 nitrogen and oxygen atoms in total. The Labute approximate surface area is 121 Å². The van der Waals surface area contributed by atoms with Crippen molar-refractivity contribution >= 4 is 22.6 Å². The van der Waals surface area contributed by atoms with Crippen LogP contribution >= 0.6 is 22.6 Å². The number of aromatic amines is 1. The molecule has 2 rings (SSSR count). The molecule has 1 fully saturated rings. The van der Waals surface area contributed by atoms with Gasteiger partial charge in [-0.1, -0.05) is 0 Å². The van der Waals surface area contributed by atoms with E-state index < -0.39 is 36.0 Å². The summed E-state index contributed by atoms with van der Waals surface area (Å²) in [5.74, 6) is 0. The highest BCUT2D eigenvalue weighted by molar-refractivity contribution is 14.1. The zero-order valence-corrected chi connectivity index (χ0v) is 12.4. The average Bonchev–Trinajstić information content (AvgIpc) is 2.70.